The monoisotopic (exact) mass is 784 g/mol. The van der Waals surface area contributed by atoms with Crippen molar-refractivity contribution in [3.63, 3.8) is 0 Å². The van der Waals surface area contributed by atoms with Crippen LogP contribution in [0.1, 0.15) is 48.3 Å². The number of fused-ring (bicyclic) bond motifs is 7. The van der Waals surface area contributed by atoms with E-state index < -0.39 is 76.7 Å². The maximum atomic E-state index is 13.8. The van der Waals surface area contributed by atoms with Gasteiger partial charge < -0.3 is 66.4 Å². The van der Waals surface area contributed by atoms with E-state index in [2.05, 4.69) is 34.6 Å². The molecule has 3 aliphatic carbocycles. The third-order valence-electron chi connectivity index (χ3n) is 12.3. The molecule has 1 aromatic heterocycles. The number of aliphatic hydroxyl groups excluding tert-OH is 2. The van der Waals surface area contributed by atoms with E-state index in [0.29, 0.717) is 23.0 Å². The molecule has 16 heteroatoms. The Bertz CT molecular complexity index is 2380. The minimum Gasteiger partial charge on any atom is -0.508 e. The lowest BCUT2D eigenvalue weighted by Gasteiger charge is -2.52. The summed E-state index contributed by atoms with van der Waals surface area (Å²) in [5.74, 6) is -3.62. The molecule has 3 aromatic carbocycles. The highest BCUT2D eigenvalue weighted by Gasteiger charge is 2.58. The summed E-state index contributed by atoms with van der Waals surface area (Å²) in [4.78, 5) is 29.4. The van der Waals surface area contributed by atoms with Crippen LogP contribution in [-0.2, 0) is 9.53 Å². The summed E-state index contributed by atoms with van der Waals surface area (Å²) in [7, 11) is 1.99. The molecule has 57 heavy (non-hydrogen) atoms. The molecule has 12 N–H and O–H groups in total. The van der Waals surface area contributed by atoms with Crippen LogP contribution in [0.4, 0.5) is 0 Å². The first-order chi connectivity index (χ1) is 27.2. The Balaban J connectivity index is 1.23. The minimum absolute atomic E-state index is 0.00423. The average Bonchev–Trinajstić information content (AvgIpc) is 3.18. The molecule has 300 valence electrons. The third-order valence-corrected chi connectivity index (χ3v) is 12.3. The molecular weight excluding hydrogens is 740 g/mol. The number of aliphatic hydroxyl groups is 3. The van der Waals surface area contributed by atoms with Crippen molar-refractivity contribution in [3.05, 3.63) is 81.5 Å². The summed E-state index contributed by atoms with van der Waals surface area (Å²) in [6, 6.07) is 15.6. The number of hydrogen-bond acceptors (Lipinski definition) is 13. The van der Waals surface area contributed by atoms with Crippen LogP contribution in [0.2, 0.25) is 0 Å². The van der Waals surface area contributed by atoms with Crippen LogP contribution in [0.25, 0.3) is 33.9 Å². The highest BCUT2D eigenvalue weighted by molar-refractivity contribution is 5.94. The van der Waals surface area contributed by atoms with Gasteiger partial charge in [0.25, 0.3) is 0 Å². The predicted octanol–water partition coefficient (Wildman–Crippen LogP) is 2.15. The van der Waals surface area contributed by atoms with E-state index in [0.717, 1.165) is 42.9 Å². The van der Waals surface area contributed by atoms with Crippen molar-refractivity contribution in [1.29, 1.82) is 0 Å². The molecule has 10 atom stereocenters. The highest BCUT2D eigenvalue weighted by Crippen LogP contribution is 2.58. The average molecular weight is 785 g/mol. The van der Waals surface area contributed by atoms with Crippen LogP contribution in [0.3, 0.4) is 0 Å². The van der Waals surface area contributed by atoms with E-state index >= 15 is 0 Å². The standard InChI is InChI=1S/C41H44N4O12/c1-44-26-9-6-17-10-23-20-5-3-2-4-18(20)12-24(31(23)25(26)11-17)22-13-19(46)7-8-21(22)28-14-27(47)32-29(55-28)15-30(33(48)34(32)49)56-39-37(51)41(54,16-45-40(42)43)36(50)35(57-39)38(52)53/h2-5,7-8,12-15,17,23,25-26,31,35-37,39,44,46,48-51,54H,6,9-11,16H2,1H3,(H,52,53)(H4,42,43,45)/t17-,23-,25+,26+,31+,35+,36-,37+,39-,41+/m1/s1. The summed E-state index contributed by atoms with van der Waals surface area (Å²) in [6.07, 6.45) is -2.31. The van der Waals surface area contributed by atoms with Gasteiger partial charge in [-0.3, -0.25) is 9.79 Å². The van der Waals surface area contributed by atoms with Crippen LogP contribution in [0.15, 0.2) is 68.8 Å². The van der Waals surface area contributed by atoms with Crippen LogP contribution in [0.5, 0.6) is 23.0 Å². The van der Waals surface area contributed by atoms with Crippen molar-refractivity contribution in [2.45, 2.75) is 67.8 Å². The molecule has 16 nitrogen and oxygen atoms in total. The van der Waals surface area contributed by atoms with E-state index in [4.69, 9.17) is 25.4 Å². The molecule has 0 unspecified atom stereocenters. The Morgan fingerprint density at radius 3 is 2.51 bits per heavy atom. The number of nitrogens with two attached hydrogens (primary N) is 2. The van der Waals surface area contributed by atoms with Gasteiger partial charge in [0.15, 0.2) is 29.0 Å². The van der Waals surface area contributed by atoms with E-state index in [1.807, 2.05) is 13.1 Å². The van der Waals surface area contributed by atoms with E-state index in [9.17, 15) is 45.3 Å². The highest BCUT2D eigenvalue weighted by atomic mass is 16.7. The SMILES string of the molecule is CN[C@H]1CC[C@H]2C[C@@H]1[C@@H]1C(c3cc(O)ccc3-c3cc(=O)c4c(O)c(O)c(O[C@@H]5O[C@H](C(=O)O)[C@@H](O)[C@@](O)(CN=C(N)N)[C@H]5O)cc4o3)=Cc3ccccc3[C@H]1C2. The van der Waals surface area contributed by atoms with Gasteiger partial charge in [0, 0.05) is 23.7 Å². The molecule has 3 fully saturated rings. The van der Waals surface area contributed by atoms with E-state index in [1.165, 1.54) is 17.7 Å². The molecule has 1 saturated heterocycles. The van der Waals surface area contributed by atoms with Crippen molar-refractivity contribution < 1.29 is 54.4 Å². The Hall–Kier alpha value is -5.65. The van der Waals surface area contributed by atoms with Gasteiger partial charge in [-0.15, -0.1) is 0 Å². The van der Waals surface area contributed by atoms with Gasteiger partial charge in [-0.1, -0.05) is 30.3 Å². The maximum absolute atomic E-state index is 13.8. The van der Waals surface area contributed by atoms with Gasteiger partial charge in [0.1, 0.15) is 40.3 Å². The van der Waals surface area contributed by atoms with Crippen molar-refractivity contribution in [3.8, 4) is 34.3 Å². The van der Waals surface area contributed by atoms with Crippen LogP contribution >= 0.6 is 0 Å². The van der Waals surface area contributed by atoms with Crippen LogP contribution < -0.4 is 26.9 Å². The number of aliphatic imine (C=N–C) groups is 1. The van der Waals surface area contributed by atoms with Gasteiger partial charge in [-0.05, 0) is 96.9 Å². The topological polar surface area (TPSA) is 284 Å². The molecule has 0 radical (unpaired) electrons. The molecule has 2 bridgehead atoms. The lowest BCUT2D eigenvalue weighted by molar-refractivity contribution is -0.303. The van der Waals surface area contributed by atoms with Crippen molar-refractivity contribution in [1.82, 2.24) is 5.32 Å². The van der Waals surface area contributed by atoms with Gasteiger partial charge in [0.05, 0.1) is 6.54 Å². The number of guanidine groups is 1. The second kappa shape index (κ2) is 14.4. The number of aromatic hydroxyl groups is 3. The Morgan fingerprint density at radius 1 is 1.00 bits per heavy atom. The zero-order chi connectivity index (χ0) is 40.5. The second-order valence-electron chi connectivity index (χ2n) is 15.5. The fraction of sp³-hybridized carbons (Fsp3) is 0.390. The fourth-order valence-corrected chi connectivity index (χ4v) is 9.60. The molecule has 4 aliphatic rings. The summed E-state index contributed by atoms with van der Waals surface area (Å²) >= 11 is 0. The molecule has 8 rings (SSSR count). The predicted molar refractivity (Wildman–Crippen MR) is 206 cm³/mol. The number of hydrogen-bond donors (Lipinski definition) is 10. The number of ether oxygens (including phenoxy) is 2. The number of carboxylic acid groups (broad SMARTS) is 1. The number of carbonyl (C=O) groups is 1. The van der Waals surface area contributed by atoms with Crippen LogP contribution in [0, 0.1) is 17.8 Å². The molecule has 1 aliphatic heterocycles. The van der Waals surface area contributed by atoms with E-state index in [-0.39, 0.29) is 35.0 Å². The molecule has 0 amide bonds. The summed E-state index contributed by atoms with van der Waals surface area (Å²) < 4.78 is 17.2. The number of phenolic OH excluding ortho intramolecular Hbond substituents is 3. The fourth-order valence-electron chi connectivity index (χ4n) is 9.60. The van der Waals surface area contributed by atoms with Gasteiger partial charge in [-0.25, -0.2) is 4.79 Å². The Labute approximate surface area is 325 Å². The zero-order valence-corrected chi connectivity index (χ0v) is 30.8. The second-order valence-corrected chi connectivity index (χ2v) is 15.5. The third kappa shape index (κ3) is 6.43. The number of allylic oxidation sites excluding steroid dienone is 1. The van der Waals surface area contributed by atoms with Crippen LogP contribution in [-0.4, -0.2) is 97.5 Å². The summed E-state index contributed by atoms with van der Waals surface area (Å²) in [5.41, 5.74) is 11.5. The largest absolute Gasteiger partial charge is 0.508 e. The van der Waals surface area contributed by atoms with Gasteiger partial charge in [0.2, 0.25) is 12.0 Å². The first-order valence-electron chi connectivity index (χ1n) is 18.7. The Morgan fingerprint density at radius 2 is 1.77 bits per heavy atom. The quantitative estimate of drug-likeness (QED) is 0.0696. The van der Waals surface area contributed by atoms with Gasteiger partial charge >= 0.3 is 5.97 Å². The number of rotatable bonds is 8. The number of carboxylic acids is 1. The van der Waals surface area contributed by atoms with Gasteiger partial charge in [-0.2, -0.15) is 0 Å². The maximum Gasteiger partial charge on any atom is 0.335 e. The molecule has 2 saturated carbocycles. The lowest BCUT2D eigenvalue weighted by Crippen LogP contribution is -2.70. The summed E-state index contributed by atoms with van der Waals surface area (Å²) in [6.45, 7) is -0.868. The number of phenols is 3. The minimum atomic E-state index is -2.73. The Kier molecular flexibility index (Phi) is 9.64. The first-order valence-corrected chi connectivity index (χ1v) is 18.7. The first kappa shape index (κ1) is 38.2. The van der Waals surface area contributed by atoms with Crippen molar-refractivity contribution in [2.24, 2.45) is 34.2 Å². The number of aliphatic carboxylic acids is 1. The molecule has 4 aromatic rings. The normalized spacial score (nSPS) is 30.5. The number of nitrogens with zero attached hydrogens (tertiary/aromatic N) is 1. The molecule has 0 spiro atoms. The van der Waals surface area contributed by atoms with E-state index in [1.54, 1.807) is 12.1 Å². The van der Waals surface area contributed by atoms with Crippen molar-refractivity contribution >= 4 is 34.5 Å². The number of benzene rings is 3. The zero-order valence-electron chi connectivity index (χ0n) is 30.8. The summed E-state index contributed by atoms with van der Waals surface area (Å²) in [5, 5.41) is 78.9. The number of nitrogens with one attached hydrogen (secondary N) is 1. The smallest absolute Gasteiger partial charge is 0.335 e. The molecule has 2 heterocycles. The molecular formula is C41H44N4O12. The van der Waals surface area contributed by atoms with Crippen molar-refractivity contribution in [2.75, 3.05) is 13.6 Å². The lowest BCUT2D eigenvalue weighted by atomic mass is 9.54.